The van der Waals surface area contributed by atoms with Gasteiger partial charge in [-0.1, -0.05) is 6.07 Å². The first-order valence-electron chi connectivity index (χ1n) is 8.00. The molecule has 0 amide bonds. The molecule has 0 aliphatic carbocycles. The number of hydrogen-bond donors (Lipinski definition) is 1. The van der Waals surface area contributed by atoms with Gasteiger partial charge in [0.15, 0.2) is 11.5 Å². The second-order valence-electron chi connectivity index (χ2n) is 5.91. The Morgan fingerprint density at radius 3 is 2.76 bits per heavy atom. The number of rotatable bonds is 5. The van der Waals surface area contributed by atoms with Crippen molar-refractivity contribution in [1.29, 1.82) is 0 Å². The van der Waals surface area contributed by atoms with Crippen molar-refractivity contribution in [1.82, 2.24) is 5.32 Å². The fourth-order valence-electron chi connectivity index (χ4n) is 3.13. The fourth-order valence-corrected chi connectivity index (χ4v) is 4.19. The van der Waals surface area contributed by atoms with Gasteiger partial charge >= 0.3 is 0 Å². The maximum absolute atomic E-state index is 6.22. The van der Waals surface area contributed by atoms with Gasteiger partial charge in [0.2, 0.25) is 0 Å². The smallest absolute Gasteiger partial charge is 0.161 e. The van der Waals surface area contributed by atoms with Gasteiger partial charge in [0.1, 0.15) is 6.10 Å². The largest absolute Gasteiger partial charge is 0.493 e. The average molecular weight is 307 g/mol. The van der Waals surface area contributed by atoms with Gasteiger partial charge < -0.3 is 14.8 Å². The van der Waals surface area contributed by atoms with Crippen LogP contribution < -0.4 is 14.8 Å². The standard InChI is InChI=1S/C17H25NO2S/c1-19-16-5-4-13(11-14-3-2-8-18-14)12-17(16)20-15-6-9-21-10-7-15/h4-5,12,14-15,18H,2-3,6-11H2,1H3. The van der Waals surface area contributed by atoms with Crippen molar-refractivity contribution in [2.45, 2.75) is 44.2 Å². The molecule has 1 aromatic rings. The molecule has 116 valence electrons. The summed E-state index contributed by atoms with van der Waals surface area (Å²) in [5.74, 6) is 4.19. The Bertz CT molecular complexity index is 454. The molecule has 0 saturated carbocycles. The van der Waals surface area contributed by atoms with E-state index in [9.17, 15) is 0 Å². The van der Waals surface area contributed by atoms with Crippen LogP contribution in [-0.4, -0.2) is 37.3 Å². The second kappa shape index (κ2) is 7.41. The third kappa shape index (κ3) is 4.07. The highest BCUT2D eigenvalue weighted by Crippen LogP contribution is 2.32. The maximum atomic E-state index is 6.22. The Morgan fingerprint density at radius 2 is 2.05 bits per heavy atom. The van der Waals surface area contributed by atoms with E-state index in [1.165, 1.54) is 29.9 Å². The first-order chi connectivity index (χ1) is 10.3. The van der Waals surface area contributed by atoms with Crippen LogP contribution in [0, 0.1) is 0 Å². The summed E-state index contributed by atoms with van der Waals surface area (Å²) in [5, 5.41) is 3.56. The zero-order valence-corrected chi connectivity index (χ0v) is 13.6. The van der Waals surface area contributed by atoms with Crippen LogP contribution in [0.3, 0.4) is 0 Å². The van der Waals surface area contributed by atoms with E-state index >= 15 is 0 Å². The summed E-state index contributed by atoms with van der Waals surface area (Å²) in [4.78, 5) is 0. The van der Waals surface area contributed by atoms with Crippen LogP contribution >= 0.6 is 11.8 Å². The third-order valence-electron chi connectivity index (χ3n) is 4.33. The van der Waals surface area contributed by atoms with Crippen molar-refractivity contribution < 1.29 is 9.47 Å². The Hall–Kier alpha value is -0.870. The number of nitrogens with one attached hydrogen (secondary N) is 1. The van der Waals surface area contributed by atoms with Gasteiger partial charge in [-0.25, -0.2) is 0 Å². The number of hydrogen-bond acceptors (Lipinski definition) is 4. The van der Waals surface area contributed by atoms with Crippen molar-refractivity contribution >= 4 is 11.8 Å². The van der Waals surface area contributed by atoms with Crippen LogP contribution in [0.5, 0.6) is 11.5 Å². The molecule has 1 atom stereocenters. The van der Waals surface area contributed by atoms with Crippen molar-refractivity contribution in [3.05, 3.63) is 23.8 Å². The van der Waals surface area contributed by atoms with E-state index in [2.05, 4.69) is 23.5 Å². The zero-order valence-electron chi connectivity index (χ0n) is 12.8. The van der Waals surface area contributed by atoms with E-state index in [0.717, 1.165) is 37.3 Å². The molecule has 0 radical (unpaired) electrons. The minimum absolute atomic E-state index is 0.347. The van der Waals surface area contributed by atoms with Gasteiger partial charge in [0, 0.05) is 6.04 Å². The van der Waals surface area contributed by atoms with E-state index in [1.54, 1.807) is 7.11 Å². The molecular formula is C17H25NO2S. The molecule has 0 spiro atoms. The molecule has 1 N–H and O–H groups in total. The molecule has 0 aromatic heterocycles. The molecule has 21 heavy (non-hydrogen) atoms. The van der Waals surface area contributed by atoms with Gasteiger partial charge in [-0.3, -0.25) is 0 Å². The molecule has 2 aliphatic rings. The molecule has 2 heterocycles. The minimum atomic E-state index is 0.347. The predicted molar refractivity (Wildman–Crippen MR) is 88.7 cm³/mol. The Labute approximate surface area is 131 Å². The molecule has 1 aromatic carbocycles. The van der Waals surface area contributed by atoms with E-state index < -0.39 is 0 Å². The van der Waals surface area contributed by atoms with Crippen LogP contribution in [0.2, 0.25) is 0 Å². The molecule has 3 nitrogen and oxygen atoms in total. The number of thioether (sulfide) groups is 1. The number of methoxy groups -OCH3 is 1. The molecule has 3 rings (SSSR count). The van der Waals surface area contributed by atoms with Crippen LogP contribution in [0.15, 0.2) is 18.2 Å². The SMILES string of the molecule is COc1ccc(CC2CCCN2)cc1OC1CCSCC1. The summed E-state index contributed by atoms with van der Waals surface area (Å²) in [6.07, 6.45) is 6.29. The third-order valence-corrected chi connectivity index (χ3v) is 5.38. The predicted octanol–water partition coefficient (Wildman–Crippen LogP) is 3.26. The fraction of sp³-hybridized carbons (Fsp3) is 0.647. The summed E-state index contributed by atoms with van der Waals surface area (Å²) < 4.78 is 11.7. The van der Waals surface area contributed by atoms with Crippen LogP contribution in [0.1, 0.15) is 31.2 Å². The lowest BCUT2D eigenvalue weighted by Gasteiger charge is -2.24. The lowest BCUT2D eigenvalue weighted by molar-refractivity contribution is 0.184. The quantitative estimate of drug-likeness (QED) is 0.904. The molecule has 1 unspecified atom stereocenters. The maximum Gasteiger partial charge on any atom is 0.161 e. The van der Waals surface area contributed by atoms with Crippen LogP contribution in [0.4, 0.5) is 0 Å². The monoisotopic (exact) mass is 307 g/mol. The summed E-state index contributed by atoms with van der Waals surface area (Å²) >= 11 is 2.02. The summed E-state index contributed by atoms with van der Waals surface area (Å²) in [6.45, 7) is 1.16. The van der Waals surface area contributed by atoms with Crippen LogP contribution in [-0.2, 0) is 6.42 Å². The second-order valence-corrected chi connectivity index (χ2v) is 7.14. The van der Waals surface area contributed by atoms with Gasteiger partial charge in [0.25, 0.3) is 0 Å². The topological polar surface area (TPSA) is 30.5 Å². The highest BCUT2D eigenvalue weighted by Gasteiger charge is 2.19. The van der Waals surface area contributed by atoms with E-state index in [-0.39, 0.29) is 0 Å². The van der Waals surface area contributed by atoms with Gasteiger partial charge in [-0.2, -0.15) is 11.8 Å². The molecule has 0 bridgehead atoms. The summed E-state index contributed by atoms with van der Waals surface area (Å²) in [5.41, 5.74) is 1.34. The number of ether oxygens (including phenoxy) is 2. The highest BCUT2D eigenvalue weighted by molar-refractivity contribution is 7.99. The van der Waals surface area contributed by atoms with E-state index in [0.29, 0.717) is 12.1 Å². The first kappa shape index (κ1) is 15.0. The van der Waals surface area contributed by atoms with Crippen molar-refractivity contribution in [2.75, 3.05) is 25.2 Å². The molecule has 4 heteroatoms. The van der Waals surface area contributed by atoms with E-state index in [4.69, 9.17) is 9.47 Å². The summed E-state index contributed by atoms with van der Waals surface area (Å²) in [6, 6.07) is 7.03. The van der Waals surface area contributed by atoms with Gasteiger partial charge in [0.05, 0.1) is 7.11 Å². The average Bonchev–Trinajstić information content (AvgIpc) is 3.02. The molecule has 2 saturated heterocycles. The lowest BCUT2D eigenvalue weighted by Crippen LogP contribution is -2.24. The van der Waals surface area contributed by atoms with Crippen LogP contribution in [0.25, 0.3) is 0 Å². The Morgan fingerprint density at radius 1 is 1.19 bits per heavy atom. The molecular weight excluding hydrogens is 282 g/mol. The number of benzene rings is 1. The summed E-state index contributed by atoms with van der Waals surface area (Å²) in [7, 11) is 1.72. The zero-order chi connectivity index (χ0) is 14.5. The Balaban J connectivity index is 1.69. The van der Waals surface area contributed by atoms with Gasteiger partial charge in [-0.15, -0.1) is 0 Å². The molecule has 2 fully saturated rings. The van der Waals surface area contributed by atoms with Crippen molar-refractivity contribution in [2.24, 2.45) is 0 Å². The van der Waals surface area contributed by atoms with E-state index in [1.807, 2.05) is 11.8 Å². The Kier molecular flexibility index (Phi) is 5.31. The highest BCUT2D eigenvalue weighted by atomic mass is 32.2. The lowest BCUT2D eigenvalue weighted by atomic mass is 10.0. The molecule has 2 aliphatic heterocycles. The van der Waals surface area contributed by atoms with Crippen molar-refractivity contribution in [3.8, 4) is 11.5 Å². The first-order valence-corrected chi connectivity index (χ1v) is 9.15. The van der Waals surface area contributed by atoms with Crippen molar-refractivity contribution in [3.63, 3.8) is 0 Å². The normalized spacial score (nSPS) is 23.2. The van der Waals surface area contributed by atoms with Gasteiger partial charge in [-0.05, 0) is 67.9 Å². The minimum Gasteiger partial charge on any atom is -0.493 e.